The summed E-state index contributed by atoms with van der Waals surface area (Å²) in [4.78, 5) is 15.8. The Morgan fingerprint density at radius 1 is 1.17 bits per heavy atom. The molecule has 7 heteroatoms. The first-order valence-corrected chi connectivity index (χ1v) is 8.68. The number of hydrogen-bond donors (Lipinski definition) is 0. The SMILES string of the molecule is CCOC(=O)N1CCN(Cc2cc3c(cc2Br)OCCO3)CC1. The molecule has 3 rings (SSSR count). The number of benzene rings is 1. The number of carbonyl (C=O) groups is 1. The minimum absolute atomic E-state index is 0.215. The lowest BCUT2D eigenvalue weighted by Crippen LogP contribution is -2.48. The highest BCUT2D eigenvalue weighted by Crippen LogP contribution is 2.36. The maximum absolute atomic E-state index is 11.7. The van der Waals surface area contributed by atoms with Gasteiger partial charge in [0, 0.05) is 37.2 Å². The molecule has 2 aliphatic heterocycles. The summed E-state index contributed by atoms with van der Waals surface area (Å²) in [7, 11) is 0. The predicted molar refractivity (Wildman–Crippen MR) is 89.0 cm³/mol. The lowest BCUT2D eigenvalue weighted by atomic mass is 10.1. The maximum Gasteiger partial charge on any atom is 0.409 e. The van der Waals surface area contributed by atoms with Gasteiger partial charge in [0.25, 0.3) is 0 Å². The summed E-state index contributed by atoms with van der Waals surface area (Å²) in [5, 5.41) is 0. The highest BCUT2D eigenvalue weighted by Gasteiger charge is 2.23. The lowest BCUT2D eigenvalue weighted by Gasteiger charge is -2.34. The minimum Gasteiger partial charge on any atom is -0.486 e. The van der Waals surface area contributed by atoms with Crippen LogP contribution in [0.5, 0.6) is 11.5 Å². The van der Waals surface area contributed by atoms with E-state index in [-0.39, 0.29) is 6.09 Å². The molecule has 0 spiro atoms. The number of fused-ring (bicyclic) bond motifs is 1. The Labute approximate surface area is 144 Å². The van der Waals surface area contributed by atoms with Gasteiger partial charge in [-0.15, -0.1) is 0 Å². The van der Waals surface area contributed by atoms with Gasteiger partial charge in [0.15, 0.2) is 11.5 Å². The van der Waals surface area contributed by atoms with E-state index in [0.29, 0.717) is 32.9 Å². The number of halogens is 1. The van der Waals surface area contributed by atoms with Crippen molar-refractivity contribution in [3.63, 3.8) is 0 Å². The van der Waals surface area contributed by atoms with E-state index in [1.807, 2.05) is 19.1 Å². The van der Waals surface area contributed by atoms with Gasteiger partial charge in [-0.05, 0) is 24.6 Å². The smallest absolute Gasteiger partial charge is 0.409 e. The first-order chi connectivity index (χ1) is 11.2. The van der Waals surface area contributed by atoms with Gasteiger partial charge in [-0.25, -0.2) is 4.79 Å². The van der Waals surface area contributed by atoms with Gasteiger partial charge in [0.1, 0.15) is 13.2 Å². The molecule has 126 valence electrons. The van der Waals surface area contributed by atoms with Gasteiger partial charge >= 0.3 is 6.09 Å². The molecule has 1 aromatic rings. The van der Waals surface area contributed by atoms with Gasteiger partial charge in [-0.3, -0.25) is 4.90 Å². The number of carbonyl (C=O) groups excluding carboxylic acids is 1. The second kappa shape index (κ2) is 7.40. The van der Waals surface area contributed by atoms with Crippen molar-refractivity contribution in [3.8, 4) is 11.5 Å². The summed E-state index contributed by atoms with van der Waals surface area (Å²) >= 11 is 3.61. The first-order valence-electron chi connectivity index (χ1n) is 7.89. The van der Waals surface area contributed by atoms with E-state index >= 15 is 0 Å². The number of rotatable bonds is 3. The molecular formula is C16H21BrN2O4. The molecule has 6 nitrogen and oxygen atoms in total. The van der Waals surface area contributed by atoms with Gasteiger partial charge < -0.3 is 19.1 Å². The lowest BCUT2D eigenvalue weighted by molar-refractivity contribution is 0.0777. The summed E-state index contributed by atoms with van der Waals surface area (Å²) in [6.07, 6.45) is -0.215. The number of nitrogens with zero attached hydrogens (tertiary/aromatic N) is 2. The van der Waals surface area contributed by atoms with E-state index in [9.17, 15) is 4.79 Å². The van der Waals surface area contributed by atoms with Crippen molar-refractivity contribution in [2.75, 3.05) is 46.0 Å². The second-order valence-electron chi connectivity index (χ2n) is 5.55. The molecule has 2 heterocycles. The van der Waals surface area contributed by atoms with E-state index in [1.54, 1.807) is 4.90 Å². The van der Waals surface area contributed by atoms with Crippen LogP contribution in [0.3, 0.4) is 0 Å². The molecule has 1 aromatic carbocycles. The summed E-state index contributed by atoms with van der Waals surface area (Å²) in [6, 6.07) is 4.01. The highest BCUT2D eigenvalue weighted by molar-refractivity contribution is 9.10. The Morgan fingerprint density at radius 3 is 2.48 bits per heavy atom. The zero-order chi connectivity index (χ0) is 16.2. The molecule has 0 saturated carbocycles. The molecule has 0 aromatic heterocycles. The Hall–Kier alpha value is -1.47. The molecule has 0 unspecified atom stereocenters. The molecular weight excluding hydrogens is 364 g/mol. The summed E-state index contributed by atoms with van der Waals surface area (Å²) in [5.41, 5.74) is 1.17. The van der Waals surface area contributed by atoms with Crippen LogP contribution in [-0.2, 0) is 11.3 Å². The zero-order valence-corrected chi connectivity index (χ0v) is 14.8. The van der Waals surface area contributed by atoms with Crippen molar-refractivity contribution in [2.24, 2.45) is 0 Å². The van der Waals surface area contributed by atoms with Gasteiger partial charge in [0.2, 0.25) is 0 Å². The zero-order valence-electron chi connectivity index (χ0n) is 13.2. The Kier molecular flexibility index (Phi) is 5.27. The van der Waals surface area contributed by atoms with Crippen molar-refractivity contribution in [3.05, 3.63) is 22.2 Å². The van der Waals surface area contributed by atoms with Crippen LogP contribution >= 0.6 is 15.9 Å². The van der Waals surface area contributed by atoms with E-state index in [0.717, 1.165) is 35.6 Å². The third-order valence-electron chi connectivity index (χ3n) is 4.00. The minimum atomic E-state index is -0.215. The number of ether oxygens (including phenoxy) is 3. The molecule has 0 aliphatic carbocycles. The van der Waals surface area contributed by atoms with E-state index in [2.05, 4.69) is 20.8 Å². The van der Waals surface area contributed by atoms with Gasteiger partial charge in [-0.1, -0.05) is 15.9 Å². The van der Waals surface area contributed by atoms with Crippen LogP contribution < -0.4 is 9.47 Å². The Balaban J connectivity index is 1.59. The highest BCUT2D eigenvalue weighted by atomic mass is 79.9. The number of piperazine rings is 1. The fourth-order valence-electron chi connectivity index (χ4n) is 2.77. The standard InChI is InChI=1S/C16H21BrN2O4/c1-2-21-16(20)19-5-3-18(4-6-19)11-12-9-14-15(10-13(12)17)23-8-7-22-14/h9-10H,2-8,11H2,1H3. The van der Waals surface area contributed by atoms with E-state index < -0.39 is 0 Å². The first kappa shape index (κ1) is 16.4. The molecule has 0 atom stereocenters. The molecule has 1 amide bonds. The molecule has 2 aliphatic rings. The van der Waals surface area contributed by atoms with Crippen LogP contribution in [0.1, 0.15) is 12.5 Å². The topological polar surface area (TPSA) is 51.2 Å². The van der Waals surface area contributed by atoms with Crippen molar-refractivity contribution in [2.45, 2.75) is 13.5 Å². The van der Waals surface area contributed by atoms with Crippen molar-refractivity contribution < 1.29 is 19.0 Å². The molecule has 0 N–H and O–H groups in total. The molecule has 23 heavy (non-hydrogen) atoms. The Morgan fingerprint density at radius 2 is 1.83 bits per heavy atom. The number of amides is 1. The fourth-order valence-corrected chi connectivity index (χ4v) is 3.22. The van der Waals surface area contributed by atoms with Crippen LogP contribution in [-0.4, -0.2) is 61.9 Å². The van der Waals surface area contributed by atoms with E-state index in [1.165, 1.54) is 5.56 Å². The molecule has 0 radical (unpaired) electrons. The third-order valence-corrected chi connectivity index (χ3v) is 4.74. The van der Waals surface area contributed by atoms with Crippen LogP contribution in [0, 0.1) is 0 Å². The summed E-state index contributed by atoms with van der Waals surface area (Å²) in [5.74, 6) is 1.60. The maximum atomic E-state index is 11.7. The second-order valence-corrected chi connectivity index (χ2v) is 6.40. The van der Waals surface area contributed by atoms with Crippen molar-refractivity contribution in [1.82, 2.24) is 9.80 Å². The average Bonchev–Trinajstić information content (AvgIpc) is 2.56. The van der Waals surface area contributed by atoms with Crippen molar-refractivity contribution in [1.29, 1.82) is 0 Å². The monoisotopic (exact) mass is 384 g/mol. The largest absolute Gasteiger partial charge is 0.486 e. The fraction of sp³-hybridized carbons (Fsp3) is 0.562. The van der Waals surface area contributed by atoms with Gasteiger partial charge in [0.05, 0.1) is 6.61 Å². The molecule has 0 bridgehead atoms. The molecule has 1 fully saturated rings. The van der Waals surface area contributed by atoms with Crippen LogP contribution in [0.2, 0.25) is 0 Å². The molecule has 1 saturated heterocycles. The Bertz CT molecular complexity index is 573. The normalized spacial score (nSPS) is 17.9. The van der Waals surface area contributed by atoms with Crippen LogP contribution in [0.25, 0.3) is 0 Å². The summed E-state index contributed by atoms with van der Waals surface area (Å²) in [6.45, 7) is 7.30. The van der Waals surface area contributed by atoms with Gasteiger partial charge in [-0.2, -0.15) is 0 Å². The van der Waals surface area contributed by atoms with Crippen molar-refractivity contribution >= 4 is 22.0 Å². The number of hydrogen-bond acceptors (Lipinski definition) is 5. The average molecular weight is 385 g/mol. The van der Waals surface area contributed by atoms with Crippen LogP contribution in [0.4, 0.5) is 4.79 Å². The third kappa shape index (κ3) is 3.90. The summed E-state index contributed by atoms with van der Waals surface area (Å²) < 4.78 is 17.3. The van der Waals surface area contributed by atoms with E-state index in [4.69, 9.17) is 14.2 Å². The van der Waals surface area contributed by atoms with Crippen LogP contribution in [0.15, 0.2) is 16.6 Å². The predicted octanol–water partition coefficient (Wildman–Crippen LogP) is 2.49. The quantitative estimate of drug-likeness (QED) is 0.801.